The molecule has 0 fully saturated rings. The number of nitrogens with zero attached hydrogens (tertiary/aromatic N) is 2. The lowest BCUT2D eigenvalue weighted by Crippen LogP contribution is -2.30. The summed E-state index contributed by atoms with van der Waals surface area (Å²) < 4.78 is 5.15. The van der Waals surface area contributed by atoms with Gasteiger partial charge in [0, 0.05) is 31.0 Å². The van der Waals surface area contributed by atoms with Crippen molar-refractivity contribution in [2.24, 2.45) is 0 Å². The third-order valence-electron chi connectivity index (χ3n) is 4.03. The van der Waals surface area contributed by atoms with Gasteiger partial charge in [0.1, 0.15) is 11.5 Å². The second kappa shape index (κ2) is 8.16. The number of ether oxygens (including phenoxy) is 1. The molecule has 0 bridgehead atoms. The summed E-state index contributed by atoms with van der Waals surface area (Å²) in [6, 6.07) is 17.8. The van der Waals surface area contributed by atoms with Crippen LogP contribution in [0.15, 0.2) is 73.1 Å². The number of hydrogen-bond donors (Lipinski definition) is 1. The van der Waals surface area contributed by atoms with Crippen molar-refractivity contribution in [3.63, 3.8) is 0 Å². The number of benzene rings is 2. The molecule has 1 N–H and O–H groups in total. The van der Waals surface area contributed by atoms with E-state index in [1.54, 1.807) is 66.9 Å². The lowest BCUT2D eigenvalue weighted by Gasteiger charge is -2.23. The molecule has 5 nitrogen and oxygen atoms in total. The van der Waals surface area contributed by atoms with E-state index < -0.39 is 0 Å². The predicted molar refractivity (Wildman–Crippen MR) is 98.9 cm³/mol. The summed E-state index contributed by atoms with van der Waals surface area (Å²) in [6.07, 6.45) is 3.42. The van der Waals surface area contributed by atoms with Gasteiger partial charge in [0.25, 0.3) is 5.91 Å². The van der Waals surface area contributed by atoms with Gasteiger partial charge in [-0.2, -0.15) is 0 Å². The Hall–Kier alpha value is -3.34. The highest BCUT2D eigenvalue weighted by atomic mass is 16.5. The van der Waals surface area contributed by atoms with Crippen LogP contribution in [0.25, 0.3) is 0 Å². The van der Waals surface area contributed by atoms with Crippen LogP contribution in [0.2, 0.25) is 0 Å². The Morgan fingerprint density at radius 1 is 1.00 bits per heavy atom. The van der Waals surface area contributed by atoms with E-state index in [-0.39, 0.29) is 11.7 Å². The lowest BCUT2D eigenvalue weighted by molar-refractivity contribution is 0.0730. The van der Waals surface area contributed by atoms with Crippen molar-refractivity contribution in [1.29, 1.82) is 0 Å². The second-order valence-corrected chi connectivity index (χ2v) is 5.92. The normalized spacial score (nSPS) is 10.3. The zero-order valence-corrected chi connectivity index (χ0v) is 14.5. The summed E-state index contributed by atoms with van der Waals surface area (Å²) in [5, 5.41) is 9.70. The fraction of sp³-hybridized carbons (Fsp3) is 0.143. The van der Waals surface area contributed by atoms with E-state index in [4.69, 9.17) is 4.74 Å². The van der Waals surface area contributed by atoms with Crippen molar-refractivity contribution >= 4 is 5.91 Å². The van der Waals surface area contributed by atoms with Gasteiger partial charge in [-0.25, -0.2) is 0 Å². The molecule has 132 valence electrons. The van der Waals surface area contributed by atoms with Crippen LogP contribution in [0.1, 0.15) is 21.5 Å². The summed E-state index contributed by atoms with van der Waals surface area (Å²) in [5.74, 6) is 0.797. The SMILES string of the molecule is COc1ccc(C(=O)N(Cc2ccncc2)Cc2cccc(O)c2)cc1. The number of carbonyl (C=O) groups excluding carboxylic acids is 1. The molecule has 1 heterocycles. The summed E-state index contributed by atoms with van der Waals surface area (Å²) in [5.41, 5.74) is 2.43. The number of aromatic hydroxyl groups is 1. The molecule has 26 heavy (non-hydrogen) atoms. The van der Waals surface area contributed by atoms with Crippen molar-refractivity contribution in [2.75, 3.05) is 7.11 Å². The Morgan fingerprint density at radius 2 is 1.69 bits per heavy atom. The minimum atomic E-state index is -0.0900. The molecular weight excluding hydrogens is 328 g/mol. The highest BCUT2D eigenvalue weighted by Crippen LogP contribution is 2.18. The molecule has 3 rings (SSSR count). The number of phenols is 1. The maximum atomic E-state index is 13.0. The molecular formula is C21H20N2O3. The number of methoxy groups -OCH3 is 1. The first-order chi connectivity index (χ1) is 12.7. The van der Waals surface area contributed by atoms with E-state index >= 15 is 0 Å². The fourth-order valence-corrected chi connectivity index (χ4v) is 2.70. The van der Waals surface area contributed by atoms with Crippen LogP contribution in [0, 0.1) is 0 Å². The molecule has 2 aromatic carbocycles. The zero-order valence-electron chi connectivity index (χ0n) is 14.5. The summed E-state index contributed by atoms with van der Waals surface area (Å²) in [4.78, 5) is 18.8. The van der Waals surface area contributed by atoms with Gasteiger partial charge in [-0.3, -0.25) is 9.78 Å². The maximum Gasteiger partial charge on any atom is 0.254 e. The number of phenolic OH excluding ortho intramolecular Hbond substituents is 1. The van der Waals surface area contributed by atoms with Crippen LogP contribution >= 0.6 is 0 Å². The molecule has 5 heteroatoms. The quantitative estimate of drug-likeness (QED) is 0.739. The first kappa shape index (κ1) is 17.5. The largest absolute Gasteiger partial charge is 0.508 e. The van der Waals surface area contributed by atoms with Crippen LogP contribution in [0.3, 0.4) is 0 Å². The Balaban J connectivity index is 1.86. The van der Waals surface area contributed by atoms with Crippen LogP contribution < -0.4 is 4.74 Å². The van der Waals surface area contributed by atoms with Crippen molar-refractivity contribution in [2.45, 2.75) is 13.1 Å². The fourth-order valence-electron chi connectivity index (χ4n) is 2.70. The molecule has 0 saturated carbocycles. The topological polar surface area (TPSA) is 62.7 Å². The van der Waals surface area contributed by atoms with E-state index in [1.165, 1.54) is 0 Å². The third kappa shape index (κ3) is 4.39. The van der Waals surface area contributed by atoms with Crippen molar-refractivity contribution in [3.8, 4) is 11.5 Å². The van der Waals surface area contributed by atoms with E-state index in [2.05, 4.69) is 4.98 Å². The minimum absolute atomic E-state index is 0.0900. The van der Waals surface area contributed by atoms with Gasteiger partial charge in [-0.15, -0.1) is 0 Å². The van der Waals surface area contributed by atoms with E-state index in [9.17, 15) is 9.90 Å². The average molecular weight is 348 g/mol. The first-order valence-corrected chi connectivity index (χ1v) is 8.26. The molecule has 0 unspecified atom stereocenters. The van der Waals surface area contributed by atoms with Gasteiger partial charge in [-0.1, -0.05) is 12.1 Å². The Bertz CT molecular complexity index is 864. The lowest BCUT2D eigenvalue weighted by atomic mass is 10.1. The summed E-state index contributed by atoms with van der Waals surface area (Å²) in [7, 11) is 1.59. The van der Waals surface area contributed by atoms with Gasteiger partial charge in [-0.05, 0) is 59.7 Å². The number of aromatic nitrogens is 1. The Kier molecular flexibility index (Phi) is 5.49. The number of amides is 1. The molecule has 1 amide bonds. The van der Waals surface area contributed by atoms with Crippen molar-refractivity contribution < 1.29 is 14.6 Å². The van der Waals surface area contributed by atoms with Crippen LogP contribution in [-0.2, 0) is 13.1 Å². The molecule has 0 aliphatic carbocycles. The highest BCUT2D eigenvalue weighted by Gasteiger charge is 2.17. The maximum absolute atomic E-state index is 13.0. The molecule has 0 radical (unpaired) electrons. The monoisotopic (exact) mass is 348 g/mol. The van der Waals surface area contributed by atoms with Gasteiger partial charge in [0.15, 0.2) is 0 Å². The van der Waals surface area contributed by atoms with Crippen LogP contribution in [0.5, 0.6) is 11.5 Å². The second-order valence-electron chi connectivity index (χ2n) is 5.92. The molecule has 0 spiro atoms. The molecule has 0 atom stereocenters. The molecule has 0 saturated heterocycles. The average Bonchev–Trinajstić information content (AvgIpc) is 2.68. The van der Waals surface area contributed by atoms with E-state index in [0.29, 0.717) is 24.4 Å². The smallest absolute Gasteiger partial charge is 0.254 e. The van der Waals surface area contributed by atoms with Gasteiger partial charge < -0.3 is 14.7 Å². The number of carbonyl (C=O) groups is 1. The van der Waals surface area contributed by atoms with Gasteiger partial charge in [0.2, 0.25) is 0 Å². The van der Waals surface area contributed by atoms with Crippen molar-refractivity contribution in [3.05, 3.63) is 89.7 Å². The van der Waals surface area contributed by atoms with Gasteiger partial charge >= 0.3 is 0 Å². The number of pyridine rings is 1. The minimum Gasteiger partial charge on any atom is -0.508 e. The predicted octanol–water partition coefficient (Wildman–Crippen LogP) is 3.64. The summed E-state index contributed by atoms with van der Waals surface area (Å²) >= 11 is 0. The van der Waals surface area contributed by atoms with Gasteiger partial charge in [0.05, 0.1) is 7.11 Å². The number of hydrogen-bond acceptors (Lipinski definition) is 4. The third-order valence-corrected chi connectivity index (χ3v) is 4.03. The first-order valence-electron chi connectivity index (χ1n) is 8.26. The number of rotatable bonds is 6. The van der Waals surface area contributed by atoms with Crippen LogP contribution in [0.4, 0.5) is 0 Å². The highest BCUT2D eigenvalue weighted by molar-refractivity contribution is 5.94. The standard InChI is InChI=1S/C21H20N2O3/c1-26-20-7-5-18(6-8-20)21(25)23(14-16-9-11-22-12-10-16)15-17-3-2-4-19(24)13-17/h2-13,24H,14-15H2,1H3. The Labute approximate surface area is 152 Å². The molecule has 0 aliphatic heterocycles. The Morgan fingerprint density at radius 3 is 2.35 bits per heavy atom. The van der Waals surface area contributed by atoms with Crippen LogP contribution in [-0.4, -0.2) is 28.0 Å². The summed E-state index contributed by atoms with van der Waals surface area (Å²) in [6.45, 7) is 0.838. The zero-order chi connectivity index (χ0) is 18.4. The molecule has 1 aromatic heterocycles. The van der Waals surface area contributed by atoms with E-state index in [0.717, 1.165) is 11.1 Å². The van der Waals surface area contributed by atoms with Crippen molar-refractivity contribution in [1.82, 2.24) is 9.88 Å². The van der Waals surface area contributed by atoms with E-state index in [1.807, 2.05) is 18.2 Å². The molecule has 3 aromatic rings. The molecule has 0 aliphatic rings.